The number of aryl methyl sites for hydroxylation is 1. The van der Waals surface area contributed by atoms with Gasteiger partial charge in [0.2, 0.25) is 0 Å². The van der Waals surface area contributed by atoms with Gasteiger partial charge in [-0.1, -0.05) is 24.3 Å². The average molecular weight is 341 g/mol. The largest absolute Gasteiger partial charge is 0.492 e. The van der Waals surface area contributed by atoms with Gasteiger partial charge in [0.25, 0.3) is 5.91 Å². The van der Waals surface area contributed by atoms with Crippen LogP contribution in [0.4, 0.5) is 0 Å². The van der Waals surface area contributed by atoms with E-state index in [1.165, 1.54) is 6.92 Å². The average Bonchev–Trinajstić information content (AvgIpc) is 2.60. The van der Waals surface area contributed by atoms with Crippen molar-refractivity contribution < 1.29 is 19.1 Å². The lowest BCUT2D eigenvalue weighted by molar-refractivity contribution is -0.132. The molecule has 0 fully saturated rings. The van der Waals surface area contributed by atoms with Crippen LogP contribution < -0.4 is 9.47 Å². The summed E-state index contributed by atoms with van der Waals surface area (Å²) in [7, 11) is 1.71. The molecule has 132 valence electrons. The molecular weight excluding hydrogens is 318 g/mol. The lowest BCUT2D eigenvalue weighted by Gasteiger charge is -2.18. The SMILES string of the molecule is CC(=O)c1cccc(OCC(=O)N(C)CCOc2cccc(C)c2)c1. The Morgan fingerprint density at radius 2 is 1.68 bits per heavy atom. The van der Waals surface area contributed by atoms with Crippen LogP contribution >= 0.6 is 0 Å². The van der Waals surface area contributed by atoms with E-state index in [0.717, 1.165) is 11.3 Å². The molecular formula is C20H23NO4. The van der Waals surface area contributed by atoms with E-state index >= 15 is 0 Å². The number of carbonyl (C=O) groups is 2. The second kappa shape index (κ2) is 8.87. The monoisotopic (exact) mass is 341 g/mol. The first-order chi connectivity index (χ1) is 12.0. The van der Waals surface area contributed by atoms with E-state index in [2.05, 4.69) is 0 Å². The Morgan fingerprint density at radius 3 is 2.36 bits per heavy atom. The van der Waals surface area contributed by atoms with Crippen LogP contribution in [0.25, 0.3) is 0 Å². The zero-order chi connectivity index (χ0) is 18.2. The molecule has 5 nitrogen and oxygen atoms in total. The number of amides is 1. The van der Waals surface area contributed by atoms with E-state index in [-0.39, 0.29) is 18.3 Å². The summed E-state index contributed by atoms with van der Waals surface area (Å²) < 4.78 is 11.1. The van der Waals surface area contributed by atoms with Crippen LogP contribution in [0, 0.1) is 6.92 Å². The summed E-state index contributed by atoms with van der Waals surface area (Å²) in [5, 5.41) is 0. The molecule has 2 aromatic rings. The fourth-order valence-corrected chi connectivity index (χ4v) is 2.19. The molecule has 0 heterocycles. The van der Waals surface area contributed by atoms with E-state index in [9.17, 15) is 9.59 Å². The van der Waals surface area contributed by atoms with Crippen LogP contribution in [0.15, 0.2) is 48.5 Å². The van der Waals surface area contributed by atoms with Crippen molar-refractivity contribution in [3.05, 3.63) is 59.7 Å². The number of hydrogen-bond acceptors (Lipinski definition) is 4. The molecule has 0 bridgehead atoms. The first-order valence-corrected chi connectivity index (χ1v) is 8.13. The molecule has 0 aliphatic rings. The van der Waals surface area contributed by atoms with Crippen LogP contribution in [0.2, 0.25) is 0 Å². The Labute approximate surface area is 148 Å². The Balaban J connectivity index is 1.76. The minimum atomic E-state index is -0.152. The Hall–Kier alpha value is -2.82. The van der Waals surface area contributed by atoms with Crippen molar-refractivity contribution in [2.45, 2.75) is 13.8 Å². The number of carbonyl (C=O) groups excluding carboxylic acids is 2. The van der Waals surface area contributed by atoms with Gasteiger partial charge in [0.15, 0.2) is 12.4 Å². The van der Waals surface area contributed by atoms with E-state index in [1.54, 1.807) is 36.2 Å². The summed E-state index contributed by atoms with van der Waals surface area (Å²) in [6.45, 7) is 4.28. The highest BCUT2D eigenvalue weighted by molar-refractivity contribution is 5.94. The predicted molar refractivity (Wildman–Crippen MR) is 96.3 cm³/mol. The van der Waals surface area contributed by atoms with Gasteiger partial charge in [-0.3, -0.25) is 9.59 Å². The predicted octanol–water partition coefficient (Wildman–Crippen LogP) is 3.11. The first kappa shape index (κ1) is 18.5. The summed E-state index contributed by atoms with van der Waals surface area (Å²) in [6.07, 6.45) is 0. The number of benzene rings is 2. The summed E-state index contributed by atoms with van der Waals surface area (Å²) in [6, 6.07) is 14.6. The smallest absolute Gasteiger partial charge is 0.260 e. The highest BCUT2D eigenvalue weighted by Crippen LogP contribution is 2.14. The lowest BCUT2D eigenvalue weighted by atomic mass is 10.1. The number of nitrogens with zero attached hydrogens (tertiary/aromatic N) is 1. The molecule has 0 aliphatic carbocycles. The van der Waals surface area contributed by atoms with Crippen molar-refractivity contribution in [3.63, 3.8) is 0 Å². The molecule has 0 saturated heterocycles. The zero-order valence-electron chi connectivity index (χ0n) is 14.8. The summed E-state index contributed by atoms with van der Waals surface area (Å²) in [4.78, 5) is 25.0. The van der Waals surface area contributed by atoms with E-state index in [4.69, 9.17) is 9.47 Å². The number of hydrogen-bond donors (Lipinski definition) is 0. The van der Waals surface area contributed by atoms with Gasteiger partial charge in [-0.25, -0.2) is 0 Å². The third kappa shape index (κ3) is 5.95. The van der Waals surface area contributed by atoms with Gasteiger partial charge in [-0.15, -0.1) is 0 Å². The maximum Gasteiger partial charge on any atom is 0.260 e. The van der Waals surface area contributed by atoms with Crippen LogP contribution in [-0.4, -0.2) is 43.4 Å². The van der Waals surface area contributed by atoms with Crippen molar-refractivity contribution in [1.82, 2.24) is 4.90 Å². The zero-order valence-corrected chi connectivity index (χ0v) is 14.8. The number of ketones is 1. The third-order valence-electron chi connectivity index (χ3n) is 3.71. The van der Waals surface area contributed by atoms with Crippen molar-refractivity contribution in [2.75, 3.05) is 26.8 Å². The Bertz CT molecular complexity index is 742. The highest BCUT2D eigenvalue weighted by atomic mass is 16.5. The first-order valence-electron chi connectivity index (χ1n) is 8.13. The maximum atomic E-state index is 12.1. The molecule has 0 N–H and O–H groups in total. The molecule has 5 heteroatoms. The van der Waals surface area contributed by atoms with Gasteiger partial charge in [0.05, 0.1) is 6.54 Å². The minimum Gasteiger partial charge on any atom is -0.492 e. The fraction of sp³-hybridized carbons (Fsp3) is 0.300. The molecule has 2 rings (SSSR count). The number of likely N-dealkylation sites (N-methyl/N-ethyl adjacent to an activating group) is 1. The molecule has 25 heavy (non-hydrogen) atoms. The highest BCUT2D eigenvalue weighted by Gasteiger charge is 2.10. The molecule has 2 aromatic carbocycles. The van der Waals surface area contributed by atoms with Gasteiger partial charge in [0.1, 0.15) is 18.1 Å². The quantitative estimate of drug-likeness (QED) is 0.692. The van der Waals surface area contributed by atoms with Crippen molar-refractivity contribution in [1.29, 1.82) is 0 Å². The summed E-state index contributed by atoms with van der Waals surface area (Å²) in [5.41, 5.74) is 1.69. The van der Waals surface area contributed by atoms with Gasteiger partial charge >= 0.3 is 0 Å². The lowest BCUT2D eigenvalue weighted by Crippen LogP contribution is -2.34. The van der Waals surface area contributed by atoms with Crippen LogP contribution in [0.5, 0.6) is 11.5 Å². The molecule has 0 unspecified atom stereocenters. The van der Waals surface area contributed by atoms with Crippen LogP contribution in [0.1, 0.15) is 22.8 Å². The summed E-state index contributed by atoms with van der Waals surface area (Å²) in [5.74, 6) is 1.10. The molecule has 0 aromatic heterocycles. The van der Waals surface area contributed by atoms with Gasteiger partial charge in [-0.2, -0.15) is 0 Å². The Morgan fingerprint density at radius 1 is 1.00 bits per heavy atom. The van der Waals surface area contributed by atoms with Crippen LogP contribution in [-0.2, 0) is 4.79 Å². The van der Waals surface area contributed by atoms with Gasteiger partial charge in [-0.05, 0) is 43.7 Å². The molecule has 0 aliphatic heterocycles. The number of Topliss-reactive ketones (excluding diaryl/α,β-unsaturated/α-hetero) is 1. The summed E-state index contributed by atoms with van der Waals surface area (Å²) >= 11 is 0. The Kier molecular flexibility index (Phi) is 6.57. The number of rotatable bonds is 8. The molecule has 0 saturated carbocycles. The third-order valence-corrected chi connectivity index (χ3v) is 3.71. The normalized spacial score (nSPS) is 10.2. The van der Waals surface area contributed by atoms with Crippen molar-refractivity contribution in [2.24, 2.45) is 0 Å². The second-order valence-corrected chi connectivity index (χ2v) is 5.85. The number of ether oxygens (including phenoxy) is 2. The van der Waals surface area contributed by atoms with E-state index < -0.39 is 0 Å². The van der Waals surface area contributed by atoms with E-state index in [0.29, 0.717) is 24.5 Å². The maximum absolute atomic E-state index is 12.1. The van der Waals surface area contributed by atoms with Gasteiger partial charge in [0, 0.05) is 12.6 Å². The molecule has 0 spiro atoms. The molecule has 0 radical (unpaired) electrons. The second-order valence-electron chi connectivity index (χ2n) is 5.85. The van der Waals surface area contributed by atoms with Crippen molar-refractivity contribution in [3.8, 4) is 11.5 Å². The molecule has 1 amide bonds. The fourth-order valence-electron chi connectivity index (χ4n) is 2.19. The minimum absolute atomic E-state index is 0.0396. The van der Waals surface area contributed by atoms with Gasteiger partial charge < -0.3 is 14.4 Å². The van der Waals surface area contributed by atoms with E-state index in [1.807, 2.05) is 31.2 Å². The molecule has 0 atom stereocenters. The van der Waals surface area contributed by atoms with Crippen molar-refractivity contribution >= 4 is 11.7 Å². The topological polar surface area (TPSA) is 55.8 Å². The van der Waals surface area contributed by atoms with Crippen LogP contribution in [0.3, 0.4) is 0 Å². The standard InChI is InChI=1S/C20H23NO4/c1-15-6-4-8-18(12-15)24-11-10-21(3)20(23)14-25-19-9-5-7-17(13-19)16(2)22/h4-9,12-13H,10-11,14H2,1-3H3.